The highest BCUT2D eigenvalue weighted by Crippen LogP contribution is 2.25. The third-order valence-corrected chi connectivity index (χ3v) is 3.06. The second kappa shape index (κ2) is 4.10. The van der Waals surface area contributed by atoms with Gasteiger partial charge in [0.2, 0.25) is 0 Å². The Balaban J connectivity index is 2.10. The number of benzene rings is 1. The first-order chi connectivity index (χ1) is 8.65. The highest BCUT2D eigenvalue weighted by Gasteiger charge is 2.20. The molecule has 4 nitrogen and oxygen atoms in total. The zero-order valence-corrected chi connectivity index (χ0v) is 10.0. The lowest BCUT2D eigenvalue weighted by Crippen LogP contribution is -2.35. The van der Waals surface area contributed by atoms with E-state index in [0.29, 0.717) is 35.1 Å². The van der Waals surface area contributed by atoms with Gasteiger partial charge in [-0.3, -0.25) is 9.48 Å². The summed E-state index contributed by atoms with van der Waals surface area (Å²) >= 11 is 5.70. The van der Waals surface area contributed by atoms with Crippen LogP contribution in [0.2, 0.25) is 5.02 Å². The number of hydrogen-bond acceptors (Lipinski definition) is 2. The summed E-state index contributed by atoms with van der Waals surface area (Å²) in [6, 6.07) is 5.97. The Morgan fingerprint density at radius 1 is 1.39 bits per heavy atom. The molecular weight excluding hydrogens is 257 g/mol. The molecule has 0 saturated carbocycles. The van der Waals surface area contributed by atoms with Gasteiger partial charge in [-0.05, 0) is 24.3 Å². The lowest BCUT2D eigenvalue weighted by Gasteiger charge is -2.13. The Kier molecular flexibility index (Phi) is 2.56. The maximum Gasteiger partial charge on any atom is 0.269 e. The van der Waals surface area contributed by atoms with E-state index < -0.39 is 5.82 Å². The first-order valence-corrected chi connectivity index (χ1v) is 5.84. The molecule has 0 saturated heterocycles. The zero-order chi connectivity index (χ0) is 12.7. The molecule has 1 aromatic carbocycles. The predicted molar refractivity (Wildman–Crippen MR) is 65.0 cm³/mol. The molecule has 2 aromatic rings. The van der Waals surface area contributed by atoms with Crippen LogP contribution in [0.4, 0.5) is 4.39 Å². The van der Waals surface area contributed by atoms with Gasteiger partial charge in [-0.1, -0.05) is 11.6 Å². The van der Waals surface area contributed by atoms with Gasteiger partial charge in [0, 0.05) is 17.1 Å². The lowest BCUT2D eigenvalue weighted by molar-refractivity contribution is 0.0924. The number of nitrogens with zero attached hydrogens (tertiary/aromatic N) is 2. The van der Waals surface area contributed by atoms with Crippen LogP contribution in [0, 0.1) is 5.82 Å². The number of amides is 1. The van der Waals surface area contributed by atoms with Crippen molar-refractivity contribution in [1.82, 2.24) is 15.1 Å². The molecular formula is C12H9ClFN3O. The zero-order valence-electron chi connectivity index (χ0n) is 9.28. The highest BCUT2D eigenvalue weighted by molar-refractivity contribution is 6.30. The average molecular weight is 266 g/mol. The van der Waals surface area contributed by atoms with Crippen LogP contribution < -0.4 is 5.32 Å². The molecule has 0 unspecified atom stereocenters. The van der Waals surface area contributed by atoms with Gasteiger partial charge < -0.3 is 5.32 Å². The van der Waals surface area contributed by atoms with Gasteiger partial charge in [0.15, 0.2) is 0 Å². The fourth-order valence-corrected chi connectivity index (χ4v) is 2.12. The molecule has 0 radical (unpaired) electrons. The van der Waals surface area contributed by atoms with Crippen molar-refractivity contribution in [3.8, 4) is 11.3 Å². The highest BCUT2D eigenvalue weighted by atomic mass is 35.5. The van der Waals surface area contributed by atoms with Crippen molar-refractivity contribution in [3.63, 3.8) is 0 Å². The van der Waals surface area contributed by atoms with E-state index >= 15 is 0 Å². The molecule has 1 aliphatic rings. The Hall–Kier alpha value is -1.88. The Labute approximate surface area is 107 Å². The molecule has 0 fully saturated rings. The maximum atomic E-state index is 13.8. The first kappa shape index (κ1) is 11.2. The number of halogens is 2. The SMILES string of the molecule is O=C1NCCn2nc(-c3ccc(Cl)cc3F)cc21. The van der Waals surface area contributed by atoms with Crippen LogP contribution >= 0.6 is 11.6 Å². The Bertz CT molecular complexity index is 638. The van der Waals surface area contributed by atoms with Gasteiger partial charge in [-0.15, -0.1) is 0 Å². The van der Waals surface area contributed by atoms with Crippen LogP contribution in [0.3, 0.4) is 0 Å². The van der Waals surface area contributed by atoms with Crippen LogP contribution in [-0.2, 0) is 6.54 Å². The largest absolute Gasteiger partial charge is 0.349 e. The van der Waals surface area contributed by atoms with Crippen molar-refractivity contribution >= 4 is 17.5 Å². The lowest BCUT2D eigenvalue weighted by atomic mass is 10.1. The van der Waals surface area contributed by atoms with Crippen LogP contribution in [0.25, 0.3) is 11.3 Å². The predicted octanol–water partition coefficient (Wildman–Crippen LogP) is 2.09. The Morgan fingerprint density at radius 3 is 2.94 bits per heavy atom. The van der Waals surface area contributed by atoms with Gasteiger partial charge in [-0.25, -0.2) is 4.39 Å². The second-order valence-electron chi connectivity index (χ2n) is 4.02. The summed E-state index contributed by atoms with van der Waals surface area (Å²) in [7, 11) is 0. The Morgan fingerprint density at radius 2 is 2.22 bits per heavy atom. The van der Waals surface area contributed by atoms with E-state index in [1.807, 2.05) is 0 Å². The monoisotopic (exact) mass is 265 g/mol. The van der Waals surface area contributed by atoms with Crippen LogP contribution in [0.15, 0.2) is 24.3 Å². The summed E-state index contributed by atoms with van der Waals surface area (Å²) in [6.45, 7) is 1.13. The van der Waals surface area contributed by atoms with Gasteiger partial charge in [0.1, 0.15) is 11.5 Å². The fraction of sp³-hybridized carbons (Fsp3) is 0.167. The van der Waals surface area contributed by atoms with Gasteiger partial charge in [-0.2, -0.15) is 5.10 Å². The topological polar surface area (TPSA) is 46.9 Å². The standard InChI is InChI=1S/C12H9ClFN3O/c13-7-1-2-8(9(14)5-7)10-6-11-12(18)15-3-4-17(11)16-10/h1-2,5-6H,3-4H2,(H,15,18). The molecule has 1 N–H and O–H groups in total. The van der Waals surface area contributed by atoms with E-state index in [0.717, 1.165) is 0 Å². The van der Waals surface area contributed by atoms with E-state index in [9.17, 15) is 9.18 Å². The molecule has 2 heterocycles. The number of nitrogens with one attached hydrogen (secondary N) is 1. The number of aromatic nitrogens is 2. The van der Waals surface area contributed by atoms with Crippen LogP contribution in [0.1, 0.15) is 10.5 Å². The van der Waals surface area contributed by atoms with E-state index in [1.54, 1.807) is 22.9 Å². The van der Waals surface area contributed by atoms with Crippen LogP contribution in [-0.4, -0.2) is 22.2 Å². The second-order valence-corrected chi connectivity index (χ2v) is 4.45. The van der Waals surface area contributed by atoms with Crippen molar-refractivity contribution in [2.75, 3.05) is 6.54 Å². The van der Waals surface area contributed by atoms with Crippen molar-refractivity contribution < 1.29 is 9.18 Å². The number of carbonyl (C=O) groups excluding carboxylic acids is 1. The van der Waals surface area contributed by atoms with Crippen molar-refractivity contribution in [3.05, 3.63) is 40.8 Å². The van der Waals surface area contributed by atoms with Gasteiger partial charge >= 0.3 is 0 Å². The van der Waals surface area contributed by atoms with Crippen LogP contribution in [0.5, 0.6) is 0 Å². The quantitative estimate of drug-likeness (QED) is 0.858. The fourth-order valence-electron chi connectivity index (χ4n) is 1.96. The molecule has 18 heavy (non-hydrogen) atoms. The normalized spacial score (nSPS) is 14.2. The smallest absolute Gasteiger partial charge is 0.269 e. The summed E-state index contributed by atoms with van der Waals surface area (Å²) in [5.41, 5.74) is 1.23. The molecule has 0 spiro atoms. The summed E-state index contributed by atoms with van der Waals surface area (Å²) < 4.78 is 15.3. The molecule has 92 valence electrons. The van der Waals surface area contributed by atoms with Crippen molar-refractivity contribution in [2.24, 2.45) is 0 Å². The molecule has 3 rings (SSSR count). The van der Waals surface area contributed by atoms with Gasteiger partial charge in [0.25, 0.3) is 5.91 Å². The van der Waals surface area contributed by atoms with E-state index in [4.69, 9.17) is 11.6 Å². The molecule has 0 bridgehead atoms. The average Bonchev–Trinajstić information content (AvgIpc) is 2.74. The minimum Gasteiger partial charge on any atom is -0.349 e. The first-order valence-electron chi connectivity index (χ1n) is 5.46. The van der Waals surface area contributed by atoms with E-state index in [2.05, 4.69) is 10.4 Å². The molecule has 6 heteroatoms. The summed E-state index contributed by atoms with van der Waals surface area (Å²) in [5, 5.41) is 7.28. The number of carbonyl (C=O) groups is 1. The minimum absolute atomic E-state index is 0.186. The summed E-state index contributed by atoms with van der Waals surface area (Å²) in [4.78, 5) is 11.6. The summed E-state index contributed by atoms with van der Waals surface area (Å²) in [6.07, 6.45) is 0. The van der Waals surface area contributed by atoms with Gasteiger partial charge in [0.05, 0.1) is 12.2 Å². The summed E-state index contributed by atoms with van der Waals surface area (Å²) in [5.74, 6) is -0.632. The minimum atomic E-state index is -0.446. The third-order valence-electron chi connectivity index (χ3n) is 2.83. The molecule has 1 amide bonds. The van der Waals surface area contributed by atoms with Crippen molar-refractivity contribution in [1.29, 1.82) is 0 Å². The molecule has 0 aliphatic carbocycles. The molecule has 1 aliphatic heterocycles. The maximum absolute atomic E-state index is 13.8. The number of fused-ring (bicyclic) bond motifs is 1. The third kappa shape index (κ3) is 1.76. The number of hydrogen-bond donors (Lipinski definition) is 1. The van der Waals surface area contributed by atoms with E-state index in [1.165, 1.54) is 6.07 Å². The van der Waals surface area contributed by atoms with E-state index in [-0.39, 0.29) is 5.91 Å². The molecule has 0 atom stereocenters. The number of rotatable bonds is 1. The van der Waals surface area contributed by atoms with Crippen molar-refractivity contribution in [2.45, 2.75) is 6.54 Å². The molecule has 1 aromatic heterocycles.